The molecule has 0 unspecified atom stereocenters. The number of nitrogens with one attached hydrogen (secondary N) is 1. The van der Waals surface area contributed by atoms with Gasteiger partial charge in [0.1, 0.15) is 17.0 Å². The second-order valence-corrected chi connectivity index (χ2v) is 7.85. The first-order valence-corrected chi connectivity index (χ1v) is 10.2. The van der Waals surface area contributed by atoms with Crippen molar-refractivity contribution in [1.29, 1.82) is 0 Å². The van der Waals surface area contributed by atoms with Gasteiger partial charge in [-0.15, -0.1) is 11.3 Å². The third-order valence-corrected chi connectivity index (χ3v) is 5.30. The number of amides is 1. The minimum atomic E-state index is -0.860. The zero-order valence-corrected chi connectivity index (χ0v) is 18.1. The second-order valence-electron chi connectivity index (χ2n) is 6.93. The van der Waals surface area contributed by atoms with E-state index in [4.69, 9.17) is 9.15 Å². The Morgan fingerprint density at radius 1 is 1.29 bits per heavy atom. The zero-order valence-electron chi connectivity index (χ0n) is 17.3. The molecule has 10 heteroatoms. The highest BCUT2D eigenvalue weighted by Gasteiger charge is 2.21. The van der Waals surface area contributed by atoms with Crippen LogP contribution >= 0.6 is 11.3 Å². The lowest BCUT2D eigenvalue weighted by atomic mass is 10.1. The molecule has 0 aliphatic rings. The molecule has 162 valence electrons. The van der Waals surface area contributed by atoms with Crippen LogP contribution in [0.25, 0.3) is 11.0 Å². The Labute approximate surface area is 181 Å². The van der Waals surface area contributed by atoms with Crippen LogP contribution in [0.15, 0.2) is 32.9 Å². The first kappa shape index (κ1) is 22.2. The van der Waals surface area contributed by atoms with Crippen LogP contribution in [0.5, 0.6) is 0 Å². The van der Waals surface area contributed by atoms with Gasteiger partial charge in [-0.05, 0) is 24.4 Å². The summed E-state index contributed by atoms with van der Waals surface area (Å²) in [5, 5.41) is 4.57. The predicted octanol–water partition coefficient (Wildman–Crippen LogP) is 3.30. The molecule has 1 N–H and O–H groups in total. The lowest BCUT2D eigenvalue weighted by Gasteiger charge is -2.11. The molecule has 0 radical (unpaired) electrons. The molecule has 0 fully saturated rings. The van der Waals surface area contributed by atoms with Crippen molar-refractivity contribution in [2.75, 3.05) is 12.4 Å². The third-order valence-electron chi connectivity index (χ3n) is 4.41. The molecule has 0 aromatic carbocycles. The SMILES string of the molecule is COC(=O)c1sccc1NC(=O)c1cc2c(COC(=O)C(C)C)cnc(C)c2oc1=O. The molecule has 3 rings (SSSR count). The molecule has 31 heavy (non-hydrogen) atoms. The van der Waals surface area contributed by atoms with Crippen LogP contribution in [0, 0.1) is 12.8 Å². The van der Waals surface area contributed by atoms with Crippen molar-refractivity contribution >= 4 is 45.8 Å². The molecule has 0 saturated heterocycles. The molecular weight excluding hydrogens is 424 g/mol. The van der Waals surface area contributed by atoms with Crippen molar-refractivity contribution in [3.63, 3.8) is 0 Å². The summed E-state index contributed by atoms with van der Waals surface area (Å²) in [5.74, 6) is -2.05. The van der Waals surface area contributed by atoms with E-state index in [9.17, 15) is 19.2 Å². The summed E-state index contributed by atoms with van der Waals surface area (Å²) >= 11 is 1.09. The number of esters is 2. The average molecular weight is 444 g/mol. The number of pyridine rings is 1. The van der Waals surface area contributed by atoms with E-state index in [1.165, 1.54) is 25.4 Å². The molecule has 0 bridgehead atoms. The van der Waals surface area contributed by atoms with Gasteiger partial charge in [0.05, 0.1) is 24.4 Å². The molecule has 1 amide bonds. The van der Waals surface area contributed by atoms with Gasteiger partial charge in [-0.3, -0.25) is 14.6 Å². The summed E-state index contributed by atoms with van der Waals surface area (Å²) in [6, 6.07) is 2.90. The van der Waals surface area contributed by atoms with Crippen LogP contribution in [0.2, 0.25) is 0 Å². The summed E-state index contributed by atoms with van der Waals surface area (Å²) in [5.41, 5.74) is 0.225. The number of carbonyl (C=O) groups is 3. The smallest absolute Gasteiger partial charge is 0.350 e. The Kier molecular flexibility index (Phi) is 6.50. The van der Waals surface area contributed by atoms with Gasteiger partial charge < -0.3 is 19.2 Å². The quantitative estimate of drug-likeness (QED) is 0.574. The molecule has 0 spiro atoms. The van der Waals surface area contributed by atoms with Crippen LogP contribution in [0.3, 0.4) is 0 Å². The van der Waals surface area contributed by atoms with Gasteiger partial charge in [0, 0.05) is 17.1 Å². The van der Waals surface area contributed by atoms with Crippen LogP contribution in [0.1, 0.15) is 45.1 Å². The van der Waals surface area contributed by atoms with Gasteiger partial charge in [0.25, 0.3) is 5.91 Å². The topological polar surface area (TPSA) is 125 Å². The van der Waals surface area contributed by atoms with Gasteiger partial charge in [-0.25, -0.2) is 9.59 Å². The van der Waals surface area contributed by atoms with Crippen LogP contribution in [-0.2, 0) is 20.9 Å². The number of hydrogen-bond donors (Lipinski definition) is 1. The number of ether oxygens (including phenoxy) is 2. The monoisotopic (exact) mass is 444 g/mol. The molecule has 3 aromatic heterocycles. The van der Waals surface area contributed by atoms with E-state index < -0.39 is 23.5 Å². The molecular formula is C21H20N2O7S. The minimum absolute atomic E-state index is 0.0907. The molecule has 0 atom stereocenters. The zero-order chi connectivity index (χ0) is 22.7. The van der Waals surface area contributed by atoms with Crippen molar-refractivity contribution in [3.05, 3.63) is 55.8 Å². The summed E-state index contributed by atoms with van der Waals surface area (Å²) in [7, 11) is 1.23. The van der Waals surface area contributed by atoms with Crippen molar-refractivity contribution in [2.45, 2.75) is 27.4 Å². The number of rotatable bonds is 6. The van der Waals surface area contributed by atoms with Gasteiger partial charge in [-0.1, -0.05) is 13.8 Å². The maximum absolute atomic E-state index is 12.8. The van der Waals surface area contributed by atoms with Crippen LogP contribution < -0.4 is 10.9 Å². The molecule has 0 saturated carbocycles. The molecule has 0 aliphatic carbocycles. The van der Waals surface area contributed by atoms with Gasteiger partial charge in [0.2, 0.25) is 0 Å². The lowest BCUT2D eigenvalue weighted by molar-refractivity contribution is -0.148. The van der Waals surface area contributed by atoms with E-state index in [0.29, 0.717) is 16.6 Å². The number of thiophene rings is 1. The first-order chi connectivity index (χ1) is 14.7. The van der Waals surface area contributed by atoms with Gasteiger partial charge in [-0.2, -0.15) is 0 Å². The number of carbonyl (C=O) groups excluding carboxylic acids is 3. The highest BCUT2D eigenvalue weighted by atomic mass is 32.1. The molecule has 0 aliphatic heterocycles. The van der Waals surface area contributed by atoms with Crippen molar-refractivity contribution in [3.8, 4) is 0 Å². The van der Waals surface area contributed by atoms with E-state index in [-0.39, 0.29) is 34.2 Å². The van der Waals surface area contributed by atoms with Crippen molar-refractivity contribution < 1.29 is 28.3 Å². The average Bonchev–Trinajstić information content (AvgIpc) is 3.20. The summed E-state index contributed by atoms with van der Waals surface area (Å²) in [6.45, 7) is 4.99. The van der Waals surface area contributed by atoms with Crippen molar-refractivity contribution in [1.82, 2.24) is 4.98 Å². The van der Waals surface area contributed by atoms with Gasteiger partial charge >= 0.3 is 17.6 Å². The van der Waals surface area contributed by atoms with E-state index in [1.807, 2.05) is 0 Å². The molecule has 3 heterocycles. The highest BCUT2D eigenvalue weighted by Crippen LogP contribution is 2.25. The lowest BCUT2D eigenvalue weighted by Crippen LogP contribution is -2.22. The summed E-state index contributed by atoms with van der Waals surface area (Å²) in [6.07, 6.45) is 1.50. The number of methoxy groups -OCH3 is 1. The van der Waals surface area contributed by atoms with Crippen LogP contribution in [0.4, 0.5) is 5.69 Å². The number of anilines is 1. The Balaban J connectivity index is 1.98. The second kappa shape index (κ2) is 9.09. The minimum Gasteiger partial charge on any atom is -0.465 e. The Bertz CT molecular complexity index is 1230. The number of nitrogens with zero attached hydrogens (tertiary/aromatic N) is 1. The highest BCUT2D eigenvalue weighted by molar-refractivity contribution is 7.12. The summed E-state index contributed by atoms with van der Waals surface area (Å²) in [4.78, 5) is 53.2. The van der Waals surface area contributed by atoms with E-state index in [2.05, 4.69) is 15.0 Å². The van der Waals surface area contributed by atoms with Crippen molar-refractivity contribution in [2.24, 2.45) is 5.92 Å². The number of hydrogen-bond acceptors (Lipinski definition) is 9. The maximum atomic E-state index is 12.8. The van der Waals surface area contributed by atoms with Gasteiger partial charge in [0.15, 0.2) is 5.58 Å². The standard InChI is InChI=1S/C21H20N2O7S/c1-10(2)19(25)29-9-12-8-22-11(3)16-13(12)7-14(20(26)30-16)18(24)23-15-5-6-31-17(15)21(27)28-4/h5-8,10H,9H2,1-4H3,(H,23,24). The van der Waals surface area contributed by atoms with E-state index >= 15 is 0 Å². The fourth-order valence-corrected chi connectivity index (χ4v) is 3.48. The number of aryl methyl sites for hydroxylation is 1. The normalized spacial score (nSPS) is 10.9. The van der Waals surface area contributed by atoms with E-state index in [1.54, 1.807) is 26.2 Å². The fraction of sp³-hybridized carbons (Fsp3) is 0.286. The first-order valence-electron chi connectivity index (χ1n) is 9.29. The Morgan fingerprint density at radius 2 is 2.03 bits per heavy atom. The predicted molar refractivity (Wildman–Crippen MR) is 113 cm³/mol. The summed E-state index contributed by atoms with van der Waals surface area (Å²) < 4.78 is 15.3. The van der Waals surface area contributed by atoms with Crippen LogP contribution in [-0.4, -0.2) is 29.9 Å². The Morgan fingerprint density at radius 3 is 2.71 bits per heavy atom. The Hall–Kier alpha value is -3.53. The maximum Gasteiger partial charge on any atom is 0.350 e. The number of fused-ring (bicyclic) bond motifs is 1. The molecule has 9 nitrogen and oxygen atoms in total. The largest absolute Gasteiger partial charge is 0.465 e. The number of aromatic nitrogens is 1. The fourth-order valence-electron chi connectivity index (χ4n) is 2.72. The third kappa shape index (κ3) is 4.64. The van der Waals surface area contributed by atoms with E-state index in [0.717, 1.165) is 11.3 Å². The molecule has 3 aromatic rings.